The van der Waals surface area contributed by atoms with Gasteiger partial charge in [0.2, 0.25) is 5.79 Å². The Bertz CT molecular complexity index is 610. The van der Waals surface area contributed by atoms with Gasteiger partial charge in [0, 0.05) is 29.5 Å². The van der Waals surface area contributed by atoms with Crippen LogP contribution in [0.25, 0.3) is 0 Å². The zero-order chi connectivity index (χ0) is 15.9. The largest absolute Gasteiger partial charge is 0.361 e. The molecule has 6 heteroatoms. The number of nitrogens with zero attached hydrogens (tertiary/aromatic N) is 2. The third-order valence-corrected chi connectivity index (χ3v) is 6.24. The van der Waals surface area contributed by atoms with Crippen LogP contribution in [0.15, 0.2) is 29.3 Å². The maximum Gasteiger partial charge on any atom is 0.205 e. The van der Waals surface area contributed by atoms with Crippen molar-refractivity contribution in [1.82, 2.24) is 4.90 Å². The molecule has 24 heavy (non-hydrogen) atoms. The second-order valence-electron chi connectivity index (χ2n) is 6.82. The fourth-order valence-corrected chi connectivity index (χ4v) is 4.87. The Balaban J connectivity index is 0.00000169. The predicted molar refractivity (Wildman–Crippen MR) is 104 cm³/mol. The van der Waals surface area contributed by atoms with E-state index in [0.717, 1.165) is 34.9 Å². The summed E-state index contributed by atoms with van der Waals surface area (Å²) in [7, 11) is 2.11. The number of likely N-dealkylation sites (N-methyl/N-ethyl adjacent to an activating group) is 1. The normalized spacial score (nSPS) is 33.5. The number of hydrogen-bond donors (Lipinski definition) is 1. The molecular formula is C18H25BrN2O2S. The van der Waals surface area contributed by atoms with Gasteiger partial charge in [-0.25, -0.2) is 0 Å². The second-order valence-corrected chi connectivity index (χ2v) is 7.90. The Kier molecular flexibility index (Phi) is 5.72. The van der Waals surface area contributed by atoms with Crippen molar-refractivity contribution >= 4 is 33.8 Å². The lowest BCUT2D eigenvalue weighted by Gasteiger charge is -2.49. The highest BCUT2D eigenvalue weighted by atomic mass is 79.9. The first kappa shape index (κ1) is 18.4. The summed E-state index contributed by atoms with van der Waals surface area (Å²) in [4.78, 5) is 6.79. The van der Waals surface area contributed by atoms with Crippen LogP contribution in [0, 0.1) is 0 Å². The highest BCUT2D eigenvalue weighted by Gasteiger charge is 2.45. The molecule has 2 heterocycles. The highest BCUT2D eigenvalue weighted by molar-refractivity contribution is 8.93. The third kappa shape index (κ3) is 3.44. The van der Waals surface area contributed by atoms with E-state index < -0.39 is 5.79 Å². The van der Waals surface area contributed by atoms with Crippen molar-refractivity contribution in [2.24, 2.45) is 4.99 Å². The van der Waals surface area contributed by atoms with Crippen LogP contribution in [0.2, 0.25) is 0 Å². The smallest absolute Gasteiger partial charge is 0.205 e. The molecule has 0 bridgehead atoms. The fourth-order valence-electron chi connectivity index (χ4n) is 4.00. The van der Waals surface area contributed by atoms with Gasteiger partial charge in [-0.15, -0.1) is 28.7 Å². The summed E-state index contributed by atoms with van der Waals surface area (Å²) in [5.74, 6) is -0.131. The molecule has 1 aromatic carbocycles. The standard InChI is InChI=1S/C18H24N2O2S.BrH/c1-20-12-18(21,22-16-5-3-2-4-15(16)20)14-8-6-13(7-9-14)17-19-10-11-23-17;/h6-9,15-16,21H,2-5,10-12H2,1H3;1H. The van der Waals surface area contributed by atoms with Gasteiger partial charge < -0.3 is 9.84 Å². The number of β-amino-alcohol motifs (C(OH)–C–C–N with tert-alkyl or cyclic N) is 1. The van der Waals surface area contributed by atoms with Crippen LogP contribution in [0.5, 0.6) is 0 Å². The number of aliphatic imine (C=N–C) groups is 1. The molecule has 0 aromatic heterocycles. The molecule has 2 aliphatic heterocycles. The van der Waals surface area contributed by atoms with Crippen LogP contribution in [-0.2, 0) is 10.5 Å². The van der Waals surface area contributed by atoms with Gasteiger partial charge in [-0.05, 0) is 19.9 Å². The van der Waals surface area contributed by atoms with E-state index in [-0.39, 0.29) is 23.1 Å². The first-order chi connectivity index (χ1) is 11.2. The summed E-state index contributed by atoms with van der Waals surface area (Å²) in [5, 5.41) is 12.2. The Morgan fingerprint density at radius 1 is 1.25 bits per heavy atom. The minimum Gasteiger partial charge on any atom is -0.361 e. The molecule has 4 nitrogen and oxygen atoms in total. The maximum absolute atomic E-state index is 11.1. The molecule has 0 spiro atoms. The minimum absolute atomic E-state index is 0. The summed E-state index contributed by atoms with van der Waals surface area (Å²) < 4.78 is 6.18. The van der Waals surface area contributed by atoms with Crippen LogP contribution >= 0.6 is 28.7 Å². The average molecular weight is 413 g/mol. The molecule has 1 saturated carbocycles. The van der Waals surface area contributed by atoms with E-state index in [4.69, 9.17) is 4.74 Å². The molecule has 132 valence electrons. The van der Waals surface area contributed by atoms with Crippen molar-refractivity contribution in [1.29, 1.82) is 0 Å². The third-order valence-electron chi connectivity index (χ3n) is 5.21. The van der Waals surface area contributed by atoms with Gasteiger partial charge in [-0.1, -0.05) is 37.1 Å². The summed E-state index contributed by atoms with van der Waals surface area (Å²) in [5.41, 5.74) is 1.99. The molecule has 1 N–H and O–H groups in total. The van der Waals surface area contributed by atoms with Crippen LogP contribution in [0.4, 0.5) is 0 Å². The molecule has 1 aliphatic carbocycles. The van der Waals surface area contributed by atoms with E-state index in [0.29, 0.717) is 12.6 Å². The topological polar surface area (TPSA) is 45.1 Å². The SMILES string of the molecule is Br.CN1CC(O)(c2ccc(C3=NCCS3)cc2)OC2CCCCC21. The maximum atomic E-state index is 11.1. The molecule has 0 radical (unpaired) electrons. The minimum atomic E-state index is -1.20. The van der Waals surface area contributed by atoms with Crippen LogP contribution < -0.4 is 0 Å². The lowest BCUT2D eigenvalue weighted by Crippen LogP contribution is -2.59. The van der Waals surface area contributed by atoms with E-state index in [1.807, 2.05) is 12.1 Å². The zero-order valence-electron chi connectivity index (χ0n) is 14.0. The average Bonchev–Trinajstić information content (AvgIpc) is 3.09. The number of aliphatic hydroxyl groups is 1. The van der Waals surface area contributed by atoms with Gasteiger partial charge in [0.05, 0.1) is 17.7 Å². The molecule has 4 rings (SSSR count). The first-order valence-corrected chi connectivity index (χ1v) is 9.53. The summed E-state index contributed by atoms with van der Waals surface area (Å²) in [6.45, 7) is 1.44. The molecule has 1 aromatic rings. The number of ether oxygens (including phenoxy) is 1. The monoisotopic (exact) mass is 412 g/mol. The number of morpholine rings is 1. The zero-order valence-corrected chi connectivity index (χ0v) is 16.5. The van der Waals surface area contributed by atoms with Gasteiger partial charge in [-0.2, -0.15) is 0 Å². The predicted octanol–water partition coefficient (Wildman–Crippen LogP) is 3.18. The molecule has 3 atom stereocenters. The lowest BCUT2D eigenvalue weighted by atomic mass is 9.88. The molecule has 0 amide bonds. The summed E-state index contributed by atoms with van der Waals surface area (Å²) >= 11 is 1.80. The van der Waals surface area contributed by atoms with E-state index in [1.54, 1.807) is 11.8 Å². The van der Waals surface area contributed by atoms with Gasteiger partial charge in [0.25, 0.3) is 0 Å². The van der Waals surface area contributed by atoms with Crippen LogP contribution in [-0.4, -0.2) is 53.1 Å². The van der Waals surface area contributed by atoms with E-state index in [9.17, 15) is 5.11 Å². The number of thioether (sulfide) groups is 1. The highest BCUT2D eigenvalue weighted by Crippen LogP contribution is 2.37. The van der Waals surface area contributed by atoms with Crippen LogP contribution in [0.1, 0.15) is 36.8 Å². The Morgan fingerprint density at radius 2 is 2.00 bits per heavy atom. The van der Waals surface area contributed by atoms with Crippen molar-refractivity contribution in [3.05, 3.63) is 35.4 Å². The quantitative estimate of drug-likeness (QED) is 0.809. The van der Waals surface area contributed by atoms with Gasteiger partial charge in [0.15, 0.2) is 0 Å². The fraction of sp³-hybridized carbons (Fsp3) is 0.611. The summed E-state index contributed by atoms with van der Waals surface area (Å²) in [6, 6.07) is 8.55. The molecule has 3 aliphatic rings. The molecule has 1 saturated heterocycles. The van der Waals surface area contributed by atoms with Crippen molar-refractivity contribution in [3.8, 4) is 0 Å². The first-order valence-electron chi connectivity index (χ1n) is 8.54. The Labute approximate surface area is 158 Å². The van der Waals surface area contributed by atoms with E-state index in [1.165, 1.54) is 19.3 Å². The second kappa shape index (κ2) is 7.46. The van der Waals surface area contributed by atoms with Crippen molar-refractivity contribution < 1.29 is 9.84 Å². The number of hydrogen-bond acceptors (Lipinski definition) is 5. The van der Waals surface area contributed by atoms with Crippen molar-refractivity contribution in [3.63, 3.8) is 0 Å². The molecule has 3 unspecified atom stereocenters. The lowest BCUT2D eigenvalue weighted by molar-refractivity contribution is -0.293. The number of benzene rings is 1. The van der Waals surface area contributed by atoms with Crippen LogP contribution in [0.3, 0.4) is 0 Å². The number of rotatable bonds is 2. The Morgan fingerprint density at radius 3 is 2.71 bits per heavy atom. The van der Waals surface area contributed by atoms with Gasteiger partial charge in [-0.3, -0.25) is 9.89 Å². The number of halogens is 1. The van der Waals surface area contributed by atoms with E-state index in [2.05, 4.69) is 29.1 Å². The Hall–Kier alpha value is -0.400. The van der Waals surface area contributed by atoms with Crippen molar-refractivity contribution in [2.75, 3.05) is 25.9 Å². The van der Waals surface area contributed by atoms with Gasteiger partial charge >= 0.3 is 0 Å². The van der Waals surface area contributed by atoms with Gasteiger partial charge in [0.1, 0.15) is 0 Å². The molecular weight excluding hydrogens is 388 g/mol. The number of fused-ring (bicyclic) bond motifs is 1. The van der Waals surface area contributed by atoms with E-state index >= 15 is 0 Å². The molecule has 2 fully saturated rings. The summed E-state index contributed by atoms with van der Waals surface area (Å²) in [6.07, 6.45) is 4.82. The van der Waals surface area contributed by atoms with Crippen molar-refractivity contribution in [2.45, 2.75) is 43.6 Å².